The van der Waals surface area contributed by atoms with Crippen LogP contribution in [0, 0.1) is 0 Å². The molecule has 2 rings (SSSR count). The summed E-state index contributed by atoms with van der Waals surface area (Å²) in [5, 5.41) is 12.7. The molecule has 1 amide bonds. The number of benzene rings is 1. The summed E-state index contributed by atoms with van der Waals surface area (Å²) >= 11 is 0. The number of rotatable bonds is 6. The molecular weight excluding hydrogens is 254 g/mol. The Morgan fingerprint density at radius 2 is 2.35 bits per heavy atom. The molecule has 1 atom stereocenters. The number of hydrogen-bond acceptors (Lipinski definition) is 3. The van der Waals surface area contributed by atoms with Crippen LogP contribution in [0.5, 0.6) is 5.75 Å². The summed E-state index contributed by atoms with van der Waals surface area (Å²) in [6.07, 6.45) is 4.48. The summed E-state index contributed by atoms with van der Waals surface area (Å²) < 4.78 is 5.51. The van der Waals surface area contributed by atoms with Crippen LogP contribution in [0.15, 0.2) is 18.2 Å². The van der Waals surface area contributed by atoms with Gasteiger partial charge in [0.25, 0.3) is 5.91 Å². The molecule has 0 aliphatic heterocycles. The first-order valence-corrected chi connectivity index (χ1v) is 7.41. The molecule has 0 spiro atoms. The maximum Gasteiger partial charge on any atom is 0.257 e. The highest BCUT2D eigenvalue weighted by atomic mass is 16.5. The van der Waals surface area contributed by atoms with E-state index < -0.39 is 0 Å². The minimum atomic E-state index is -0.356. The monoisotopic (exact) mass is 277 g/mol. The summed E-state index contributed by atoms with van der Waals surface area (Å²) in [5.41, 5.74) is 2.13. The number of carbonyl (C=O) groups excluding carboxylic acids is 1. The smallest absolute Gasteiger partial charge is 0.257 e. The number of ether oxygens (including phenoxy) is 1. The first kappa shape index (κ1) is 14.9. The third-order valence-electron chi connectivity index (χ3n) is 3.62. The van der Waals surface area contributed by atoms with Crippen LogP contribution < -0.4 is 10.1 Å². The average molecular weight is 277 g/mol. The topological polar surface area (TPSA) is 58.6 Å². The lowest BCUT2D eigenvalue weighted by Crippen LogP contribution is -2.29. The molecule has 1 aliphatic carbocycles. The van der Waals surface area contributed by atoms with Crippen molar-refractivity contribution in [2.45, 2.75) is 45.1 Å². The van der Waals surface area contributed by atoms with Crippen molar-refractivity contribution in [3.8, 4) is 5.75 Å². The largest absolute Gasteiger partial charge is 0.484 e. The standard InChI is InChI=1S/C16H23NO3/c1-2-3-9-17-16(19)11-20-13-7-8-14-12(10-13)5-4-6-15(14)18/h7-8,10,15,18H,2-6,9,11H2,1H3,(H,17,19). The predicted molar refractivity (Wildman–Crippen MR) is 77.8 cm³/mol. The van der Waals surface area contributed by atoms with Crippen LogP contribution in [-0.4, -0.2) is 24.2 Å². The molecule has 1 unspecified atom stereocenters. The quantitative estimate of drug-likeness (QED) is 0.785. The van der Waals surface area contributed by atoms with Crippen LogP contribution in [0.1, 0.15) is 49.8 Å². The molecule has 1 aromatic carbocycles. The van der Waals surface area contributed by atoms with Gasteiger partial charge in [0.15, 0.2) is 6.61 Å². The Morgan fingerprint density at radius 1 is 1.50 bits per heavy atom. The van der Waals surface area contributed by atoms with E-state index in [1.807, 2.05) is 18.2 Å². The Hall–Kier alpha value is -1.55. The highest BCUT2D eigenvalue weighted by molar-refractivity contribution is 5.77. The number of aliphatic hydroxyl groups is 1. The minimum Gasteiger partial charge on any atom is -0.484 e. The van der Waals surface area contributed by atoms with Crippen molar-refractivity contribution in [2.24, 2.45) is 0 Å². The van der Waals surface area contributed by atoms with Crippen LogP contribution >= 0.6 is 0 Å². The van der Waals surface area contributed by atoms with Crippen molar-refractivity contribution < 1.29 is 14.6 Å². The Labute approximate surface area is 120 Å². The number of amides is 1. The second-order valence-electron chi connectivity index (χ2n) is 5.26. The molecule has 0 bridgehead atoms. The van der Waals surface area contributed by atoms with Crippen molar-refractivity contribution in [1.29, 1.82) is 0 Å². The summed E-state index contributed by atoms with van der Waals surface area (Å²) in [6, 6.07) is 5.67. The summed E-state index contributed by atoms with van der Waals surface area (Å²) in [5.74, 6) is 0.611. The Balaban J connectivity index is 1.86. The zero-order chi connectivity index (χ0) is 14.4. The molecule has 1 aliphatic rings. The van der Waals surface area contributed by atoms with E-state index in [2.05, 4.69) is 12.2 Å². The maximum absolute atomic E-state index is 11.6. The number of carbonyl (C=O) groups is 1. The number of aryl methyl sites for hydroxylation is 1. The third-order valence-corrected chi connectivity index (χ3v) is 3.62. The van der Waals surface area contributed by atoms with Crippen molar-refractivity contribution in [3.63, 3.8) is 0 Å². The molecule has 0 radical (unpaired) electrons. The highest BCUT2D eigenvalue weighted by Crippen LogP contribution is 2.31. The Morgan fingerprint density at radius 3 is 3.15 bits per heavy atom. The fourth-order valence-corrected chi connectivity index (χ4v) is 2.46. The molecular formula is C16H23NO3. The average Bonchev–Trinajstić information content (AvgIpc) is 2.45. The van der Waals surface area contributed by atoms with Crippen LogP contribution in [0.4, 0.5) is 0 Å². The van der Waals surface area contributed by atoms with E-state index in [-0.39, 0.29) is 18.6 Å². The van der Waals surface area contributed by atoms with Crippen molar-refractivity contribution in [3.05, 3.63) is 29.3 Å². The van der Waals surface area contributed by atoms with Crippen molar-refractivity contribution >= 4 is 5.91 Å². The van der Waals surface area contributed by atoms with Gasteiger partial charge in [-0.25, -0.2) is 0 Å². The molecule has 0 aromatic heterocycles. The van der Waals surface area contributed by atoms with E-state index in [9.17, 15) is 9.90 Å². The summed E-state index contributed by atoms with van der Waals surface area (Å²) in [4.78, 5) is 11.6. The van der Waals surface area contributed by atoms with Gasteiger partial charge < -0.3 is 15.2 Å². The fraction of sp³-hybridized carbons (Fsp3) is 0.562. The van der Waals surface area contributed by atoms with Gasteiger partial charge in [-0.05, 0) is 48.9 Å². The Bertz CT molecular complexity index is 459. The maximum atomic E-state index is 11.6. The van der Waals surface area contributed by atoms with Gasteiger partial charge in [-0.1, -0.05) is 19.4 Å². The molecule has 110 valence electrons. The van der Waals surface area contributed by atoms with Crippen molar-refractivity contribution in [1.82, 2.24) is 5.32 Å². The van der Waals surface area contributed by atoms with Gasteiger partial charge in [-0.2, -0.15) is 0 Å². The van der Waals surface area contributed by atoms with E-state index in [0.717, 1.165) is 43.2 Å². The normalized spacial score (nSPS) is 17.4. The van der Waals surface area contributed by atoms with Gasteiger partial charge in [0.1, 0.15) is 5.75 Å². The predicted octanol–water partition coefficient (Wildman–Crippen LogP) is 2.35. The molecule has 2 N–H and O–H groups in total. The number of fused-ring (bicyclic) bond motifs is 1. The van der Waals surface area contributed by atoms with Gasteiger partial charge in [-0.3, -0.25) is 4.79 Å². The van der Waals surface area contributed by atoms with E-state index in [4.69, 9.17) is 4.74 Å². The van der Waals surface area contributed by atoms with Gasteiger partial charge >= 0.3 is 0 Å². The molecule has 1 aromatic rings. The lowest BCUT2D eigenvalue weighted by atomic mass is 9.89. The number of nitrogens with one attached hydrogen (secondary N) is 1. The highest BCUT2D eigenvalue weighted by Gasteiger charge is 2.18. The van der Waals surface area contributed by atoms with Gasteiger partial charge in [0.05, 0.1) is 6.10 Å². The first-order chi connectivity index (χ1) is 9.70. The molecule has 0 fully saturated rings. The zero-order valence-corrected chi connectivity index (χ0v) is 12.0. The van der Waals surface area contributed by atoms with Gasteiger partial charge in [0.2, 0.25) is 0 Å². The van der Waals surface area contributed by atoms with Crippen LogP contribution in [-0.2, 0) is 11.2 Å². The number of hydrogen-bond donors (Lipinski definition) is 2. The lowest BCUT2D eigenvalue weighted by molar-refractivity contribution is -0.123. The molecule has 20 heavy (non-hydrogen) atoms. The van der Waals surface area contributed by atoms with Gasteiger partial charge in [0, 0.05) is 6.54 Å². The second kappa shape index (κ2) is 7.29. The fourth-order valence-electron chi connectivity index (χ4n) is 2.46. The second-order valence-corrected chi connectivity index (χ2v) is 5.26. The molecule has 0 saturated carbocycles. The van der Waals surface area contributed by atoms with Crippen LogP contribution in [0.25, 0.3) is 0 Å². The first-order valence-electron chi connectivity index (χ1n) is 7.41. The SMILES string of the molecule is CCCCNC(=O)COc1ccc2c(c1)CCCC2O. The molecule has 0 saturated heterocycles. The molecule has 4 nitrogen and oxygen atoms in total. The zero-order valence-electron chi connectivity index (χ0n) is 12.0. The van der Waals surface area contributed by atoms with Crippen LogP contribution in [0.3, 0.4) is 0 Å². The van der Waals surface area contributed by atoms with E-state index in [1.165, 1.54) is 0 Å². The van der Waals surface area contributed by atoms with E-state index >= 15 is 0 Å². The van der Waals surface area contributed by atoms with Crippen molar-refractivity contribution in [2.75, 3.05) is 13.2 Å². The Kier molecular flexibility index (Phi) is 5.41. The minimum absolute atomic E-state index is 0.0467. The van der Waals surface area contributed by atoms with E-state index in [0.29, 0.717) is 12.3 Å². The van der Waals surface area contributed by atoms with Gasteiger partial charge in [-0.15, -0.1) is 0 Å². The molecule has 0 heterocycles. The molecule has 4 heteroatoms. The van der Waals surface area contributed by atoms with E-state index in [1.54, 1.807) is 0 Å². The summed E-state index contributed by atoms with van der Waals surface area (Å²) in [6.45, 7) is 2.84. The number of unbranched alkanes of at least 4 members (excludes halogenated alkanes) is 1. The third kappa shape index (κ3) is 3.97. The lowest BCUT2D eigenvalue weighted by Gasteiger charge is -2.21. The summed E-state index contributed by atoms with van der Waals surface area (Å²) in [7, 11) is 0. The number of aliphatic hydroxyl groups excluding tert-OH is 1. The van der Waals surface area contributed by atoms with Crippen LogP contribution in [0.2, 0.25) is 0 Å².